The maximum absolute atomic E-state index is 12.5. The van der Waals surface area contributed by atoms with E-state index in [0.717, 1.165) is 51.0 Å². The largest absolute Gasteiger partial charge is 0.340 e. The molecule has 1 atom stereocenters. The predicted octanol–water partition coefficient (Wildman–Crippen LogP) is 2.91. The summed E-state index contributed by atoms with van der Waals surface area (Å²) in [5, 5.41) is 18.9. The van der Waals surface area contributed by atoms with Gasteiger partial charge in [0.15, 0.2) is 5.82 Å². The summed E-state index contributed by atoms with van der Waals surface area (Å²) in [6.45, 7) is 4.26. The molecule has 0 radical (unpaired) electrons. The van der Waals surface area contributed by atoms with Crippen molar-refractivity contribution in [3.63, 3.8) is 0 Å². The van der Waals surface area contributed by atoms with Gasteiger partial charge in [-0.05, 0) is 54.0 Å². The molecular formula is C20H30N6OS. The molecule has 2 fully saturated rings. The summed E-state index contributed by atoms with van der Waals surface area (Å²) >= 11 is 1.79. The lowest BCUT2D eigenvalue weighted by atomic mass is 9.87. The molecule has 1 saturated carbocycles. The van der Waals surface area contributed by atoms with Crippen LogP contribution in [-0.2, 0) is 16.8 Å². The van der Waals surface area contributed by atoms with Crippen LogP contribution in [0.15, 0.2) is 17.5 Å². The summed E-state index contributed by atoms with van der Waals surface area (Å²) < 4.78 is 2.06. The molecular weight excluding hydrogens is 372 g/mol. The third-order valence-electron chi connectivity index (χ3n) is 6.15. The molecule has 1 N–H and O–H groups in total. The zero-order valence-electron chi connectivity index (χ0n) is 16.6. The van der Waals surface area contributed by atoms with Crippen molar-refractivity contribution >= 4 is 17.2 Å². The van der Waals surface area contributed by atoms with Crippen LogP contribution in [0.25, 0.3) is 0 Å². The Morgan fingerprint density at radius 1 is 1.36 bits per heavy atom. The molecule has 152 valence electrons. The Balaban J connectivity index is 1.59. The number of likely N-dealkylation sites (tertiary alicyclic amines) is 1. The fourth-order valence-electron chi connectivity index (χ4n) is 4.68. The number of tetrazole rings is 1. The summed E-state index contributed by atoms with van der Waals surface area (Å²) in [7, 11) is 0. The molecule has 0 bridgehead atoms. The minimum Gasteiger partial charge on any atom is -0.340 e. The molecule has 1 saturated heterocycles. The lowest BCUT2D eigenvalue weighted by Gasteiger charge is -2.43. The van der Waals surface area contributed by atoms with Crippen LogP contribution >= 0.6 is 11.3 Å². The molecule has 1 amide bonds. The van der Waals surface area contributed by atoms with E-state index in [-0.39, 0.29) is 11.4 Å². The first-order chi connectivity index (χ1) is 13.7. The molecule has 4 rings (SSSR count). The van der Waals surface area contributed by atoms with Gasteiger partial charge in [-0.2, -0.15) is 0 Å². The number of rotatable bonds is 7. The Morgan fingerprint density at radius 3 is 2.96 bits per heavy atom. The Bertz CT molecular complexity index is 770. The average Bonchev–Trinajstić information content (AvgIpc) is 3.49. The normalized spacial score (nSPS) is 23.4. The minimum absolute atomic E-state index is 0.212. The highest BCUT2D eigenvalue weighted by atomic mass is 32.1. The number of amides is 1. The second-order valence-corrected chi connectivity index (χ2v) is 9.03. The quantitative estimate of drug-likeness (QED) is 0.771. The van der Waals surface area contributed by atoms with Crippen molar-refractivity contribution in [2.24, 2.45) is 0 Å². The number of hydrogen-bond acceptors (Lipinski definition) is 6. The van der Waals surface area contributed by atoms with Crippen LogP contribution in [0.1, 0.15) is 68.6 Å². The standard InChI is InChI=1S/C20H30N6OS/c1-2-18(27)25-13-6-11-20(15-25,21-12-10-17-9-5-14-28-17)19-22-23-24-26(19)16-7-3-4-8-16/h5,9,14,16,21H,2-4,6-8,10-13,15H2,1H3. The summed E-state index contributed by atoms with van der Waals surface area (Å²) in [5.74, 6) is 1.13. The Labute approximate surface area is 170 Å². The topological polar surface area (TPSA) is 75.9 Å². The van der Waals surface area contributed by atoms with Crippen LogP contribution in [0, 0.1) is 0 Å². The van der Waals surface area contributed by atoms with E-state index >= 15 is 0 Å². The lowest BCUT2D eigenvalue weighted by molar-refractivity contribution is -0.133. The van der Waals surface area contributed by atoms with E-state index in [2.05, 4.69) is 43.0 Å². The van der Waals surface area contributed by atoms with Crippen LogP contribution in [0.3, 0.4) is 0 Å². The highest BCUT2D eigenvalue weighted by Gasteiger charge is 2.43. The number of carbonyl (C=O) groups is 1. The maximum atomic E-state index is 12.5. The number of thiophene rings is 1. The van der Waals surface area contributed by atoms with E-state index in [1.807, 2.05) is 11.8 Å². The summed E-state index contributed by atoms with van der Waals surface area (Å²) in [5.41, 5.74) is -0.369. The fraction of sp³-hybridized carbons (Fsp3) is 0.700. The number of carbonyl (C=O) groups excluding carboxylic acids is 1. The van der Waals surface area contributed by atoms with Gasteiger partial charge in [-0.15, -0.1) is 16.4 Å². The molecule has 2 aromatic rings. The van der Waals surface area contributed by atoms with Crippen molar-refractivity contribution in [2.75, 3.05) is 19.6 Å². The van der Waals surface area contributed by atoms with Crippen molar-refractivity contribution in [1.29, 1.82) is 0 Å². The van der Waals surface area contributed by atoms with Crippen LogP contribution in [0.4, 0.5) is 0 Å². The summed E-state index contributed by atoms with van der Waals surface area (Å²) in [6.07, 6.45) is 8.20. The van der Waals surface area contributed by atoms with Gasteiger partial charge in [0.25, 0.3) is 0 Å². The van der Waals surface area contributed by atoms with Gasteiger partial charge in [0.2, 0.25) is 5.91 Å². The highest BCUT2D eigenvalue weighted by Crippen LogP contribution is 2.35. The van der Waals surface area contributed by atoms with Crippen molar-refractivity contribution in [3.05, 3.63) is 28.2 Å². The average molecular weight is 403 g/mol. The van der Waals surface area contributed by atoms with E-state index < -0.39 is 0 Å². The van der Waals surface area contributed by atoms with Gasteiger partial charge in [0.1, 0.15) is 0 Å². The Morgan fingerprint density at radius 2 is 2.21 bits per heavy atom. The molecule has 1 aliphatic carbocycles. The lowest BCUT2D eigenvalue weighted by Crippen LogP contribution is -2.57. The van der Waals surface area contributed by atoms with E-state index in [1.165, 1.54) is 17.7 Å². The summed E-state index contributed by atoms with van der Waals surface area (Å²) in [6, 6.07) is 4.66. The summed E-state index contributed by atoms with van der Waals surface area (Å²) in [4.78, 5) is 15.8. The maximum Gasteiger partial charge on any atom is 0.222 e. The first-order valence-electron chi connectivity index (χ1n) is 10.6. The molecule has 8 heteroatoms. The first kappa shape index (κ1) is 19.5. The SMILES string of the molecule is CCC(=O)N1CCCC(NCCc2cccs2)(c2nnnn2C2CCCC2)C1. The molecule has 1 aliphatic heterocycles. The number of nitrogens with zero attached hydrogens (tertiary/aromatic N) is 5. The van der Waals surface area contributed by atoms with Crippen LogP contribution in [0.5, 0.6) is 0 Å². The Kier molecular flexibility index (Phi) is 6.06. The smallest absolute Gasteiger partial charge is 0.222 e. The van der Waals surface area contributed by atoms with Gasteiger partial charge < -0.3 is 10.2 Å². The van der Waals surface area contributed by atoms with E-state index in [9.17, 15) is 4.79 Å². The van der Waals surface area contributed by atoms with Crippen molar-refractivity contribution < 1.29 is 4.79 Å². The van der Waals surface area contributed by atoms with Crippen molar-refractivity contribution in [3.8, 4) is 0 Å². The van der Waals surface area contributed by atoms with Gasteiger partial charge in [0, 0.05) is 30.9 Å². The second kappa shape index (κ2) is 8.69. The number of nitrogens with one attached hydrogen (secondary N) is 1. The monoisotopic (exact) mass is 402 g/mol. The molecule has 3 heterocycles. The number of piperidine rings is 1. The predicted molar refractivity (Wildman–Crippen MR) is 109 cm³/mol. The van der Waals surface area contributed by atoms with E-state index in [0.29, 0.717) is 19.0 Å². The van der Waals surface area contributed by atoms with Gasteiger partial charge in [-0.1, -0.05) is 25.8 Å². The molecule has 0 spiro atoms. The molecule has 28 heavy (non-hydrogen) atoms. The number of hydrogen-bond donors (Lipinski definition) is 1. The van der Waals surface area contributed by atoms with Crippen LogP contribution in [0.2, 0.25) is 0 Å². The van der Waals surface area contributed by atoms with Crippen LogP contribution in [-0.4, -0.2) is 50.6 Å². The third-order valence-corrected chi connectivity index (χ3v) is 7.09. The molecule has 2 aromatic heterocycles. The molecule has 1 unspecified atom stereocenters. The van der Waals surface area contributed by atoms with E-state index in [4.69, 9.17) is 0 Å². The van der Waals surface area contributed by atoms with Crippen LogP contribution < -0.4 is 5.32 Å². The molecule has 7 nitrogen and oxygen atoms in total. The van der Waals surface area contributed by atoms with Crippen molar-refractivity contribution in [1.82, 2.24) is 30.4 Å². The minimum atomic E-state index is -0.369. The Hall–Kier alpha value is -1.80. The zero-order chi connectivity index (χ0) is 19.4. The van der Waals surface area contributed by atoms with Gasteiger partial charge in [-0.3, -0.25) is 4.79 Å². The second-order valence-electron chi connectivity index (χ2n) is 8.00. The molecule has 2 aliphatic rings. The van der Waals surface area contributed by atoms with Crippen molar-refractivity contribution in [2.45, 2.75) is 69.9 Å². The first-order valence-corrected chi connectivity index (χ1v) is 11.4. The third kappa shape index (κ3) is 3.98. The molecule has 0 aromatic carbocycles. The van der Waals surface area contributed by atoms with Gasteiger partial charge >= 0.3 is 0 Å². The highest BCUT2D eigenvalue weighted by molar-refractivity contribution is 7.09. The van der Waals surface area contributed by atoms with E-state index in [1.54, 1.807) is 11.3 Å². The van der Waals surface area contributed by atoms with Gasteiger partial charge in [0.05, 0.1) is 11.6 Å². The fourth-order valence-corrected chi connectivity index (χ4v) is 5.39. The zero-order valence-corrected chi connectivity index (χ0v) is 17.5. The number of aromatic nitrogens is 4. The van der Waals surface area contributed by atoms with Gasteiger partial charge in [-0.25, -0.2) is 4.68 Å².